The quantitative estimate of drug-likeness (QED) is 0.930. The highest BCUT2D eigenvalue weighted by Crippen LogP contribution is 2.29. The monoisotopic (exact) mass is 288 g/mol. The number of nitrogens with zero attached hydrogens (tertiary/aromatic N) is 3. The Balaban J connectivity index is 2.51. The van der Waals surface area contributed by atoms with Crippen LogP contribution in [0.4, 0.5) is 5.95 Å². The lowest BCUT2D eigenvalue weighted by Crippen LogP contribution is -2.11. The summed E-state index contributed by atoms with van der Waals surface area (Å²) in [6, 6.07) is 4.16. The highest BCUT2D eigenvalue weighted by molar-refractivity contribution is 5.64. The maximum atomic E-state index is 5.75. The van der Waals surface area contributed by atoms with E-state index in [4.69, 9.17) is 15.2 Å². The largest absolute Gasteiger partial charge is 0.496 e. The third-order valence-corrected chi connectivity index (χ3v) is 2.96. The van der Waals surface area contributed by atoms with Crippen LogP contribution in [0.25, 0.3) is 11.4 Å². The summed E-state index contributed by atoms with van der Waals surface area (Å²) in [7, 11) is 1.65. The first kappa shape index (κ1) is 15.0. The fourth-order valence-electron chi connectivity index (χ4n) is 2.01. The molecule has 1 aromatic heterocycles. The number of nitrogen functional groups attached to an aromatic ring is 1. The summed E-state index contributed by atoms with van der Waals surface area (Å²) in [5.74, 6) is 1.47. The number of aromatic nitrogens is 3. The molecule has 0 spiro atoms. The van der Waals surface area contributed by atoms with E-state index in [9.17, 15) is 0 Å². The molecule has 1 heterocycles. The fraction of sp³-hybridized carbons (Fsp3) is 0.400. The minimum absolute atomic E-state index is 0.0293. The molecule has 2 rings (SSSR count). The molecule has 0 saturated carbocycles. The molecule has 112 valence electrons. The van der Waals surface area contributed by atoms with Crippen LogP contribution in [0.15, 0.2) is 12.1 Å². The van der Waals surface area contributed by atoms with Crippen LogP contribution in [-0.4, -0.2) is 28.2 Å². The van der Waals surface area contributed by atoms with E-state index in [0.717, 1.165) is 22.4 Å². The second kappa shape index (κ2) is 5.95. The van der Waals surface area contributed by atoms with Crippen LogP contribution >= 0.6 is 0 Å². The molecule has 0 radical (unpaired) electrons. The lowest BCUT2D eigenvalue weighted by molar-refractivity contribution is 0.222. The molecule has 0 fully saturated rings. The van der Waals surface area contributed by atoms with Gasteiger partial charge in [0, 0.05) is 5.56 Å². The van der Waals surface area contributed by atoms with Crippen molar-refractivity contribution in [2.45, 2.75) is 33.8 Å². The minimum atomic E-state index is -0.0293. The van der Waals surface area contributed by atoms with Gasteiger partial charge < -0.3 is 15.2 Å². The van der Waals surface area contributed by atoms with Gasteiger partial charge in [-0.3, -0.25) is 0 Å². The molecule has 0 aliphatic rings. The van der Waals surface area contributed by atoms with Gasteiger partial charge in [-0.1, -0.05) is 0 Å². The number of ether oxygens (including phenoxy) is 2. The molecular weight excluding hydrogens is 268 g/mol. The van der Waals surface area contributed by atoms with Crippen molar-refractivity contribution in [3.05, 3.63) is 23.3 Å². The van der Waals surface area contributed by atoms with Crippen LogP contribution < -0.4 is 15.2 Å². The summed E-state index contributed by atoms with van der Waals surface area (Å²) in [5, 5.41) is 0. The molecule has 0 amide bonds. The molecule has 6 heteroatoms. The summed E-state index contributed by atoms with van der Waals surface area (Å²) < 4.78 is 10.8. The molecule has 0 saturated heterocycles. The first-order chi connectivity index (χ1) is 9.90. The molecule has 1 aromatic carbocycles. The number of aryl methyl sites for hydroxylation is 2. The predicted octanol–water partition coefficient (Wildman–Crippen LogP) is 2.53. The Kier molecular flexibility index (Phi) is 4.26. The predicted molar refractivity (Wildman–Crippen MR) is 81.5 cm³/mol. The Morgan fingerprint density at radius 3 is 2.38 bits per heavy atom. The second-order valence-corrected chi connectivity index (χ2v) is 5.10. The van der Waals surface area contributed by atoms with Gasteiger partial charge in [0.25, 0.3) is 0 Å². The summed E-state index contributed by atoms with van der Waals surface area (Å²) >= 11 is 0. The Morgan fingerprint density at radius 1 is 1.05 bits per heavy atom. The Bertz CT molecular complexity index is 656. The van der Waals surface area contributed by atoms with Gasteiger partial charge in [-0.15, -0.1) is 0 Å². The Labute approximate surface area is 124 Å². The lowest BCUT2D eigenvalue weighted by atomic mass is 10.0. The topological polar surface area (TPSA) is 83.2 Å². The molecule has 0 atom stereocenters. The molecule has 0 aliphatic carbocycles. The first-order valence-corrected chi connectivity index (χ1v) is 6.74. The van der Waals surface area contributed by atoms with Crippen LogP contribution in [0.5, 0.6) is 11.8 Å². The van der Waals surface area contributed by atoms with E-state index in [2.05, 4.69) is 15.0 Å². The minimum Gasteiger partial charge on any atom is -0.496 e. The third-order valence-electron chi connectivity index (χ3n) is 2.96. The molecule has 6 nitrogen and oxygen atoms in total. The summed E-state index contributed by atoms with van der Waals surface area (Å²) in [4.78, 5) is 12.5. The molecule has 21 heavy (non-hydrogen) atoms. The van der Waals surface area contributed by atoms with Gasteiger partial charge in [0.15, 0.2) is 5.82 Å². The highest BCUT2D eigenvalue weighted by atomic mass is 16.5. The van der Waals surface area contributed by atoms with Crippen molar-refractivity contribution in [2.24, 2.45) is 0 Å². The van der Waals surface area contributed by atoms with Crippen molar-refractivity contribution in [3.63, 3.8) is 0 Å². The van der Waals surface area contributed by atoms with Crippen LogP contribution in [0, 0.1) is 13.8 Å². The summed E-state index contributed by atoms with van der Waals surface area (Å²) in [5.41, 5.74) is 8.64. The van der Waals surface area contributed by atoms with E-state index in [1.807, 2.05) is 39.8 Å². The number of hydrogen-bond acceptors (Lipinski definition) is 6. The van der Waals surface area contributed by atoms with Crippen molar-refractivity contribution in [1.82, 2.24) is 15.0 Å². The van der Waals surface area contributed by atoms with Crippen molar-refractivity contribution in [2.75, 3.05) is 12.8 Å². The number of methoxy groups -OCH3 is 1. The van der Waals surface area contributed by atoms with Crippen LogP contribution in [0.1, 0.15) is 25.0 Å². The van der Waals surface area contributed by atoms with Crippen LogP contribution in [0.3, 0.4) is 0 Å². The molecule has 0 aliphatic heterocycles. The maximum Gasteiger partial charge on any atom is 0.322 e. The zero-order chi connectivity index (χ0) is 15.6. The number of rotatable bonds is 4. The lowest BCUT2D eigenvalue weighted by Gasteiger charge is -2.12. The number of nitrogens with two attached hydrogens (primary N) is 1. The molecule has 2 aromatic rings. The van der Waals surface area contributed by atoms with Gasteiger partial charge >= 0.3 is 6.01 Å². The van der Waals surface area contributed by atoms with Gasteiger partial charge in [0.05, 0.1) is 13.2 Å². The molecule has 0 unspecified atom stereocenters. The normalized spacial score (nSPS) is 10.8. The third kappa shape index (κ3) is 3.39. The highest BCUT2D eigenvalue weighted by Gasteiger charge is 2.13. The Hall–Kier alpha value is -2.37. The van der Waals surface area contributed by atoms with E-state index >= 15 is 0 Å². The van der Waals surface area contributed by atoms with Gasteiger partial charge in [0.2, 0.25) is 5.95 Å². The van der Waals surface area contributed by atoms with Crippen molar-refractivity contribution in [1.29, 1.82) is 0 Å². The standard InChI is InChI=1S/C15H20N4O2/c1-8(2)21-15-18-13(17-14(16)19-15)11-6-10(4)12(20-5)7-9(11)3/h6-8H,1-5H3,(H2,16,17,18,19). The SMILES string of the molecule is COc1cc(C)c(-c2nc(N)nc(OC(C)C)n2)cc1C. The summed E-state index contributed by atoms with van der Waals surface area (Å²) in [6.07, 6.45) is -0.0293. The average Bonchev–Trinajstić information content (AvgIpc) is 2.39. The van der Waals surface area contributed by atoms with E-state index in [1.54, 1.807) is 7.11 Å². The summed E-state index contributed by atoms with van der Waals surface area (Å²) in [6.45, 7) is 7.75. The molecule has 2 N–H and O–H groups in total. The number of hydrogen-bond donors (Lipinski definition) is 1. The maximum absolute atomic E-state index is 5.75. The number of anilines is 1. The van der Waals surface area contributed by atoms with E-state index in [1.165, 1.54) is 0 Å². The first-order valence-electron chi connectivity index (χ1n) is 6.74. The van der Waals surface area contributed by atoms with Crippen molar-refractivity contribution >= 4 is 5.95 Å². The van der Waals surface area contributed by atoms with E-state index < -0.39 is 0 Å². The second-order valence-electron chi connectivity index (χ2n) is 5.10. The Morgan fingerprint density at radius 2 is 1.76 bits per heavy atom. The van der Waals surface area contributed by atoms with Gasteiger partial charge in [-0.2, -0.15) is 15.0 Å². The van der Waals surface area contributed by atoms with Crippen LogP contribution in [-0.2, 0) is 0 Å². The zero-order valence-corrected chi connectivity index (χ0v) is 13.0. The fourth-order valence-corrected chi connectivity index (χ4v) is 2.01. The van der Waals surface area contributed by atoms with Crippen LogP contribution in [0.2, 0.25) is 0 Å². The average molecular weight is 288 g/mol. The van der Waals surface area contributed by atoms with Crippen molar-refractivity contribution < 1.29 is 9.47 Å². The van der Waals surface area contributed by atoms with E-state index in [0.29, 0.717) is 5.82 Å². The smallest absolute Gasteiger partial charge is 0.322 e. The van der Waals surface area contributed by atoms with Gasteiger partial charge in [-0.25, -0.2) is 0 Å². The van der Waals surface area contributed by atoms with Gasteiger partial charge in [-0.05, 0) is 51.0 Å². The van der Waals surface area contributed by atoms with E-state index in [-0.39, 0.29) is 18.1 Å². The zero-order valence-electron chi connectivity index (χ0n) is 13.0. The number of benzene rings is 1. The molecule has 0 bridgehead atoms. The van der Waals surface area contributed by atoms with Crippen molar-refractivity contribution in [3.8, 4) is 23.1 Å². The molecular formula is C15H20N4O2. The van der Waals surface area contributed by atoms with Gasteiger partial charge in [0.1, 0.15) is 5.75 Å².